The van der Waals surface area contributed by atoms with Crippen molar-refractivity contribution in [2.24, 2.45) is 0 Å². The summed E-state index contributed by atoms with van der Waals surface area (Å²) in [4.78, 5) is 13.0. The molecule has 0 atom stereocenters. The first kappa shape index (κ1) is 11.3. The molecule has 0 aromatic carbocycles. The minimum Gasteiger partial charge on any atom is -0.437 e. The second-order valence-electron chi connectivity index (χ2n) is 3.65. The molecule has 1 aliphatic rings. The van der Waals surface area contributed by atoms with Crippen LogP contribution in [0.3, 0.4) is 0 Å². The molecule has 0 saturated carbocycles. The Hall–Kier alpha value is -0.805. The molecule has 1 aliphatic heterocycles. The van der Waals surface area contributed by atoms with E-state index in [1.807, 2.05) is 4.81 Å². The van der Waals surface area contributed by atoms with Gasteiger partial charge in [-0.3, -0.25) is 4.79 Å². The van der Waals surface area contributed by atoms with Crippen molar-refractivity contribution in [2.45, 2.75) is 25.7 Å². The van der Waals surface area contributed by atoms with Gasteiger partial charge in [0.2, 0.25) is 5.91 Å². The van der Waals surface area contributed by atoms with Crippen molar-refractivity contribution < 1.29 is 9.82 Å². The Morgan fingerprint density at radius 1 is 1.64 bits per heavy atom. The van der Waals surface area contributed by atoms with E-state index in [0.717, 1.165) is 25.9 Å². The number of amides is 1. The molecule has 0 spiro atoms. The first-order valence-corrected chi connectivity index (χ1v) is 4.98. The lowest BCUT2D eigenvalue weighted by atomic mass is 9.82. The van der Waals surface area contributed by atoms with Crippen molar-refractivity contribution in [3.8, 4) is 0 Å². The topological polar surface area (TPSA) is 52.6 Å². The van der Waals surface area contributed by atoms with E-state index < -0.39 is 0 Å². The van der Waals surface area contributed by atoms with E-state index in [-0.39, 0.29) is 19.0 Å². The van der Waals surface area contributed by atoms with Crippen LogP contribution >= 0.6 is 0 Å². The Balaban J connectivity index is 2.28. The zero-order valence-corrected chi connectivity index (χ0v) is 8.57. The van der Waals surface area contributed by atoms with Gasteiger partial charge in [-0.1, -0.05) is 6.58 Å². The predicted octanol–water partition coefficient (Wildman–Crippen LogP) is -0.137. The molecular weight excluding hydrogens is 179 g/mol. The second-order valence-corrected chi connectivity index (χ2v) is 3.65. The summed E-state index contributed by atoms with van der Waals surface area (Å²) < 4.78 is 0. The Morgan fingerprint density at radius 3 is 2.64 bits per heavy atom. The van der Waals surface area contributed by atoms with Crippen LogP contribution in [0.2, 0.25) is 6.82 Å². The van der Waals surface area contributed by atoms with E-state index >= 15 is 0 Å². The minimum atomic E-state index is -0.383. The summed E-state index contributed by atoms with van der Waals surface area (Å²) in [6.07, 6.45) is 3.08. The minimum absolute atomic E-state index is 0.111. The van der Waals surface area contributed by atoms with Crippen molar-refractivity contribution in [3.05, 3.63) is 12.7 Å². The molecule has 1 heterocycles. The summed E-state index contributed by atoms with van der Waals surface area (Å²) in [5, 5.41) is 12.2. The average Bonchev–Trinajstić information content (AvgIpc) is 2.18. The number of hydrogen-bond acceptors (Lipinski definition) is 3. The van der Waals surface area contributed by atoms with Gasteiger partial charge in [0.25, 0.3) is 0 Å². The van der Waals surface area contributed by atoms with Crippen molar-refractivity contribution in [3.63, 3.8) is 0 Å². The highest BCUT2D eigenvalue weighted by molar-refractivity contribution is 6.45. The van der Waals surface area contributed by atoms with Gasteiger partial charge < -0.3 is 15.2 Å². The highest BCUT2D eigenvalue weighted by atomic mass is 16.2. The zero-order valence-electron chi connectivity index (χ0n) is 8.57. The Labute approximate surface area is 85.1 Å². The molecular formula is C9H17BN2O2. The largest absolute Gasteiger partial charge is 0.437 e. The Morgan fingerprint density at radius 2 is 2.21 bits per heavy atom. The van der Waals surface area contributed by atoms with Gasteiger partial charge in [-0.05, 0) is 38.8 Å². The summed E-state index contributed by atoms with van der Waals surface area (Å²) in [6, 6.07) is 0.232. The number of rotatable bonds is 3. The number of carbonyl (C=O) groups is 1. The Kier molecular flexibility index (Phi) is 4.16. The molecule has 5 heteroatoms. The molecule has 14 heavy (non-hydrogen) atoms. The fourth-order valence-electron chi connectivity index (χ4n) is 1.68. The van der Waals surface area contributed by atoms with Crippen LogP contribution in [0.25, 0.3) is 0 Å². The van der Waals surface area contributed by atoms with Crippen molar-refractivity contribution >= 4 is 13.0 Å². The molecule has 1 rings (SSSR count). The van der Waals surface area contributed by atoms with Crippen molar-refractivity contribution in [1.29, 1.82) is 0 Å². The smallest absolute Gasteiger partial charge is 0.376 e. The van der Waals surface area contributed by atoms with E-state index in [1.165, 1.54) is 6.08 Å². The summed E-state index contributed by atoms with van der Waals surface area (Å²) >= 11 is 0. The van der Waals surface area contributed by atoms with Gasteiger partial charge in [-0.2, -0.15) is 0 Å². The molecule has 0 aliphatic carbocycles. The molecule has 0 radical (unpaired) electrons. The lowest BCUT2D eigenvalue weighted by molar-refractivity contribution is -0.117. The maximum Gasteiger partial charge on any atom is 0.376 e. The van der Waals surface area contributed by atoms with Crippen LogP contribution in [0.4, 0.5) is 0 Å². The van der Waals surface area contributed by atoms with E-state index in [1.54, 1.807) is 6.82 Å². The van der Waals surface area contributed by atoms with Gasteiger partial charge in [-0.15, -0.1) is 0 Å². The van der Waals surface area contributed by atoms with Gasteiger partial charge >= 0.3 is 7.05 Å². The van der Waals surface area contributed by atoms with E-state index in [4.69, 9.17) is 0 Å². The van der Waals surface area contributed by atoms with E-state index in [0.29, 0.717) is 0 Å². The number of piperidine rings is 1. The fourth-order valence-corrected chi connectivity index (χ4v) is 1.68. The quantitative estimate of drug-likeness (QED) is 0.488. The first-order chi connectivity index (χ1) is 6.63. The number of carbonyl (C=O) groups excluding carboxylic acids is 1. The van der Waals surface area contributed by atoms with E-state index in [2.05, 4.69) is 11.9 Å². The first-order valence-electron chi connectivity index (χ1n) is 4.98. The average molecular weight is 196 g/mol. The monoisotopic (exact) mass is 196 g/mol. The molecule has 1 saturated heterocycles. The highest BCUT2D eigenvalue weighted by Gasteiger charge is 2.24. The lowest BCUT2D eigenvalue weighted by Crippen LogP contribution is -2.48. The van der Waals surface area contributed by atoms with Crippen LogP contribution in [-0.2, 0) is 4.79 Å². The standard InChI is InChI=1S/C9H17BN2O2/c1-3-9(13)11-8-4-6-12(7-5-8)10(2)14/h3,8,14H,1,4-7H2,2H3,(H,11,13). The number of nitrogens with one attached hydrogen (secondary N) is 1. The van der Waals surface area contributed by atoms with Crippen LogP contribution in [0.15, 0.2) is 12.7 Å². The molecule has 78 valence electrons. The SMILES string of the molecule is C=CC(=O)NC1CCN(B(C)O)CC1. The summed E-state index contributed by atoms with van der Waals surface area (Å²) in [7, 11) is -0.383. The molecule has 0 bridgehead atoms. The molecule has 1 fully saturated rings. The molecule has 1 amide bonds. The zero-order chi connectivity index (χ0) is 10.6. The third-order valence-electron chi connectivity index (χ3n) is 2.59. The van der Waals surface area contributed by atoms with Crippen LogP contribution in [0.5, 0.6) is 0 Å². The van der Waals surface area contributed by atoms with Crippen molar-refractivity contribution in [2.75, 3.05) is 13.1 Å². The molecule has 0 aromatic heterocycles. The van der Waals surface area contributed by atoms with E-state index in [9.17, 15) is 9.82 Å². The molecule has 4 nitrogen and oxygen atoms in total. The van der Waals surface area contributed by atoms with Gasteiger partial charge in [0.15, 0.2) is 0 Å². The number of hydrogen-bond donors (Lipinski definition) is 2. The second kappa shape index (κ2) is 5.17. The predicted molar refractivity (Wildman–Crippen MR) is 56.8 cm³/mol. The fraction of sp³-hybridized carbons (Fsp3) is 0.667. The maximum atomic E-state index is 11.0. The Bertz CT molecular complexity index is 213. The maximum absolute atomic E-state index is 11.0. The molecule has 0 aromatic rings. The van der Waals surface area contributed by atoms with Gasteiger partial charge in [-0.25, -0.2) is 0 Å². The van der Waals surface area contributed by atoms with Gasteiger partial charge in [0, 0.05) is 6.04 Å². The van der Waals surface area contributed by atoms with Crippen LogP contribution in [0, 0.1) is 0 Å². The van der Waals surface area contributed by atoms with Crippen LogP contribution in [0.1, 0.15) is 12.8 Å². The molecule has 2 N–H and O–H groups in total. The third-order valence-corrected chi connectivity index (χ3v) is 2.59. The number of nitrogens with zero attached hydrogens (tertiary/aromatic N) is 1. The normalized spacial score (nSPS) is 19.0. The summed E-state index contributed by atoms with van der Waals surface area (Å²) in [5.41, 5.74) is 0. The van der Waals surface area contributed by atoms with Crippen molar-refractivity contribution in [1.82, 2.24) is 10.1 Å². The molecule has 0 unspecified atom stereocenters. The summed E-state index contributed by atoms with van der Waals surface area (Å²) in [6.45, 7) is 6.84. The summed E-state index contributed by atoms with van der Waals surface area (Å²) in [5.74, 6) is -0.111. The highest BCUT2D eigenvalue weighted by Crippen LogP contribution is 2.10. The van der Waals surface area contributed by atoms with Gasteiger partial charge in [0.05, 0.1) is 0 Å². The van der Waals surface area contributed by atoms with Crippen LogP contribution < -0.4 is 5.32 Å². The lowest BCUT2D eigenvalue weighted by Gasteiger charge is -2.32. The third kappa shape index (κ3) is 3.16. The van der Waals surface area contributed by atoms with Gasteiger partial charge in [0.1, 0.15) is 0 Å². The van der Waals surface area contributed by atoms with Crippen LogP contribution in [-0.4, -0.2) is 41.9 Å².